The molecule has 1 atom stereocenters. The number of thiazole rings is 1. The molecule has 2 saturated heterocycles. The first-order valence-corrected chi connectivity index (χ1v) is 9.42. The fourth-order valence-corrected chi connectivity index (χ4v) is 4.60. The van der Waals surface area contributed by atoms with E-state index in [1.165, 1.54) is 0 Å². The number of hydrogen-bond acceptors (Lipinski definition) is 4. The van der Waals surface area contributed by atoms with Crippen LogP contribution in [0.2, 0.25) is 0 Å². The molecule has 0 unspecified atom stereocenters. The smallest absolute Gasteiger partial charge is 0.226 e. The quantitative estimate of drug-likeness (QED) is 0.835. The zero-order valence-electron chi connectivity index (χ0n) is 14.0. The number of carbonyl (C=O) groups is 2. The summed E-state index contributed by atoms with van der Waals surface area (Å²) in [6.07, 6.45) is 4.84. The third kappa shape index (κ3) is 3.57. The lowest BCUT2D eigenvalue weighted by atomic mass is 9.92. The Bertz CT molecular complexity index is 578. The average molecular weight is 335 g/mol. The minimum Gasteiger partial charge on any atom is -0.343 e. The van der Waals surface area contributed by atoms with Crippen LogP contribution in [-0.4, -0.2) is 46.2 Å². The van der Waals surface area contributed by atoms with Gasteiger partial charge in [-0.3, -0.25) is 9.59 Å². The second-order valence-corrected chi connectivity index (χ2v) is 7.54. The van der Waals surface area contributed by atoms with Crippen LogP contribution in [-0.2, 0) is 9.59 Å². The number of hydrogen-bond donors (Lipinski definition) is 0. The summed E-state index contributed by atoms with van der Waals surface area (Å²) in [5.74, 6) is 0.447. The summed E-state index contributed by atoms with van der Waals surface area (Å²) in [5, 5.41) is 3.15. The molecule has 2 aliphatic heterocycles. The number of aryl methyl sites for hydroxylation is 1. The highest BCUT2D eigenvalue weighted by molar-refractivity contribution is 7.09. The van der Waals surface area contributed by atoms with Crippen molar-refractivity contribution < 1.29 is 9.59 Å². The Morgan fingerprint density at radius 3 is 2.52 bits per heavy atom. The number of piperidine rings is 2. The lowest BCUT2D eigenvalue weighted by Crippen LogP contribution is -2.46. The molecule has 1 aromatic heterocycles. The molecule has 2 amide bonds. The van der Waals surface area contributed by atoms with E-state index in [1.54, 1.807) is 18.3 Å². The summed E-state index contributed by atoms with van der Waals surface area (Å²) in [6, 6.07) is 0.154. The van der Waals surface area contributed by atoms with Crippen LogP contribution in [0.15, 0.2) is 5.38 Å². The fourth-order valence-electron chi connectivity index (χ4n) is 3.65. The van der Waals surface area contributed by atoms with Gasteiger partial charge in [-0.25, -0.2) is 4.98 Å². The summed E-state index contributed by atoms with van der Waals surface area (Å²) in [5.41, 5.74) is 1.04. The van der Waals surface area contributed by atoms with E-state index in [2.05, 4.69) is 15.3 Å². The molecule has 2 fully saturated rings. The van der Waals surface area contributed by atoms with Crippen molar-refractivity contribution >= 4 is 23.2 Å². The van der Waals surface area contributed by atoms with E-state index in [0.717, 1.165) is 49.4 Å². The van der Waals surface area contributed by atoms with Gasteiger partial charge < -0.3 is 9.80 Å². The molecule has 3 heterocycles. The molecule has 0 spiro atoms. The number of rotatable bonds is 2. The molecule has 0 aliphatic carbocycles. The summed E-state index contributed by atoms with van der Waals surface area (Å²) < 4.78 is 0. The third-order valence-corrected chi connectivity index (χ3v) is 6.06. The van der Waals surface area contributed by atoms with Crippen LogP contribution < -0.4 is 0 Å². The molecular formula is C17H25N3O2S. The zero-order chi connectivity index (χ0) is 16.4. The van der Waals surface area contributed by atoms with E-state index in [0.29, 0.717) is 13.1 Å². The van der Waals surface area contributed by atoms with Crippen LogP contribution in [0.1, 0.15) is 55.8 Å². The summed E-state index contributed by atoms with van der Waals surface area (Å²) in [6.45, 7) is 5.87. The summed E-state index contributed by atoms with van der Waals surface area (Å²) in [7, 11) is 0. The SMILES string of the molecule is CC(=O)N1CCC(C(=O)N2CCCC[C@H]2c2nc(C)cs2)CC1. The highest BCUT2D eigenvalue weighted by Crippen LogP contribution is 2.35. The lowest BCUT2D eigenvalue weighted by molar-refractivity contribution is -0.143. The van der Waals surface area contributed by atoms with Crippen molar-refractivity contribution in [2.24, 2.45) is 5.92 Å². The van der Waals surface area contributed by atoms with E-state index < -0.39 is 0 Å². The predicted octanol–water partition coefficient (Wildman–Crippen LogP) is 2.76. The maximum atomic E-state index is 13.0. The highest BCUT2D eigenvalue weighted by atomic mass is 32.1. The standard InChI is InChI=1S/C17H25N3O2S/c1-12-11-23-16(18-12)15-5-3-4-8-20(15)17(22)14-6-9-19(10-7-14)13(2)21/h11,14-15H,3-10H2,1-2H3/t15-/m0/s1. The van der Waals surface area contributed by atoms with Crippen molar-refractivity contribution in [2.45, 2.75) is 52.0 Å². The molecular weight excluding hydrogens is 310 g/mol. The van der Waals surface area contributed by atoms with Crippen molar-refractivity contribution in [1.29, 1.82) is 0 Å². The van der Waals surface area contributed by atoms with Crippen molar-refractivity contribution in [2.75, 3.05) is 19.6 Å². The van der Waals surface area contributed by atoms with Gasteiger partial charge in [0.1, 0.15) is 5.01 Å². The van der Waals surface area contributed by atoms with E-state index >= 15 is 0 Å². The van der Waals surface area contributed by atoms with Gasteiger partial charge in [0, 0.05) is 43.5 Å². The topological polar surface area (TPSA) is 53.5 Å². The van der Waals surface area contributed by atoms with Gasteiger partial charge in [0.2, 0.25) is 11.8 Å². The first-order chi connectivity index (χ1) is 11.1. The van der Waals surface area contributed by atoms with Crippen LogP contribution in [0, 0.1) is 12.8 Å². The van der Waals surface area contributed by atoms with Gasteiger partial charge >= 0.3 is 0 Å². The van der Waals surface area contributed by atoms with E-state index in [9.17, 15) is 9.59 Å². The Labute approximate surface area is 141 Å². The molecule has 0 radical (unpaired) electrons. The normalized spacial score (nSPS) is 23.1. The zero-order valence-corrected chi connectivity index (χ0v) is 14.8. The number of nitrogens with zero attached hydrogens (tertiary/aromatic N) is 3. The van der Waals surface area contributed by atoms with Gasteiger partial charge in [-0.15, -0.1) is 11.3 Å². The fraction of sp³-hybridized carbons (Fsp3) is 0.706. The Morgan fingerprint density at radius 2 is 1.91 bits per heavy atom. The molecule has 5 nitrogen and oxygen atoms in total. The summed E-state index contributed by atoms with van der Waals surface area (Å²) in [4.78, 5) is 33.0. The molecule has 6 heteroatoms. The highest BCUT2D eigenvalue weighted by Gasteiger charge is 2.35. The molecule has 0 bridgehead atoms. The Kier molecular flexibility index (Phi) is 4.99. The predicted molar refractivity (Wildman–Crippen MR) is 90.1 cm³/mol. The molecule has 0 aromatic carbocycles. The molecule has 23 heavy (non-hydrogen) atoms. The monoisotopic (exact) mass is 335 g/mol. The number of likely N-dealkylation sites (tertiary alicyclic amines) is 2. The maximum Gasteiger partial charge on any atom is 0.226 e. The van der Waals surface area contributed by atoms with Crippen molar-refractivity contribution in [3.05, 3.63) is 16.1 Å². The van der Waals surface area contributed by atoms with E-state index in [-0.39, 0.29) is 23.8 Å². The van der Waals surface area contributed by atoms with Gasteiger partial charge in [-0.1, -0.05) is 0 Å². The van der Waals surface area contributed by atoms with E-state index in [1.807, 2.05) is 11.8 Å². The Morgan fingerprint density at radius 1 is 1.17 bits per heavy atom. The number of amides is 2. The molecule has 1 aromatic rings. The Hall–Kier alpha value is -1.43. The van der Waals surface area contributed by atoms with Gasteiger partial charge in [0.25, 0.3) is 0 Å². The van der Waals surface area contributed by atoms with Gasteiger partial charge in [-0.2, -0.15) is 0 Å². The first kappa shape index (κ1) is 16.4. The second kappa shape index (κ2) is 6.99. The van der Waals surface area contributed by atoms with Crippen molar-refractivity contribution in [3.8, 4) is 0 Å². The van der Waals surface area contributed by atoms with Gasteiger partial charge in [-0.05, 0) is 39.0 Å². The summed E-state index contributed by atoms with van der Waals surface area (Å²) >= 11 is 1.67. The van der Waals surface area contributed by atoms with Crippen LogP contribution in [0.3, 0.4) is 0 Å². The van der Waals surface area contributed by atoms with Crippen LogP contribution in [0.4, 0.5) is 0 Å². The maximum absolute atomic E-state index is 13.0. The van der Waals surface area contributed by atoms with Crippen LogP contribution >= 0.6 is 11.3 Å². The van der Waals surface area contributed by atoms with Gasteiger partial charge in [0.15, 0.2) is 0 Å². The second-order valence-electron chi connectivity index (χ2n) is 6.65. The molecule has 0 N–H and O–H groups in total. The molecule has 126 valence electrons. The third-order valence-electron chi connectivity index (χ3n) is 5.00. The molecule has 3 rings (SSSR count). The van der Waals surface area contributed by atoms with Gasteiger partial charge in [0.05, 0.1) is 6.04 Å². The van der Waals surface area contributed by atoms with Crippen molar-refractivity contribution in [3.63, 3.8) is 0 Å². The number of aromatic nitrogens is 1. The molecule has 0 saturated carbocycles. The first-order valence-electron chi connectivity index (χ1n) is 8.54. The minimum atomic E-state index is 0.0623. The van der Waals surface area contributed by atoms with Crippen molar-refractivity contribution in [1.82, 2.24) is 14.8 Å². The minimum absolute atomic E-state index is 0.0623. The van der Waals surface area contributed by atoms with Crippen LogP contribution in [0.5, 0.6) is 0 Å². The molecule has 2 aliphatic rings. The van der Waals surface area contributed by atoms with E-state index in [4.69, 9.17) is 0 Å². The average Bonchev–Trinajstić information content (AvgIpc) is 3.00. The largest absolute Gasteiger partial charge is 0.343 e. The van der Waals surface area contributed by atoms with Crippen LogP contribution in [0.25, 0.3) is 0 Å². The Balaban J connectivity index is 1.68. The lowest BCUT2D eigenvalue weighted by Gasteiger charge is -2.39. The number of carbonyl (C=O) groups excluding carboxylic acids is 2.